The van der Waals surface area contributed by atoms with Crippen molar-refractivity contribution in [1.82, 2.24) is 20.1 Å². The molecule has 4 nitrogen and oxygen atoms in total. The first kappa shape index (κ1) is 12.6. The maximum atomic E-state index is 4.50. The van der Waals surface area contributed by atoms with E-state index >= 15 is 0 Å². The maximum Gasteiger partial charge on any atom is 0.157 e. The summed E-state index contributed by atoms with van der Waals surface area (Å²) in [6, 6.07) is 2.21. The Kier molecular flexibility index (Phi) is 3.51. The lowest BCUT2D eigenvalue weighted by Crippen LogP contribution is -2.21. The Morgan fingerprint density at radius 2 is 2.26 bits per heavy atom. The number of nitrogens with one attached hydrogen (secondary N) is 1. The molecule has 0 bridgehead atoms. The van der Waals surface area contributed by atoms with E-state index in [1.807, 2.05) is 24.9 Å². The van der Waals surface area contributed by atoms with E-state index in [0.29, 0.717) is 0 Å². The topological polar surface area (TPSA) is 42.7 Å². The van der Waals surface area contributed by atoms with Crippen LogP contribution in [0.25, 0.3) is 11.0 Å². The molecule has 2 aromatic rings. The second-order valence-electron chi connectivity index (χ2n) is 5.69. The van der Waals surface area contributed by atoms with Crippen LogP contribution in [0.4, 0.5) is 0 Å². The SMILES string of the molecule is Cc1nn(C)c2ncc(CNCCC3CCC3)cc12. The van der Waals surface area contributed by atoms with E-state index in [1.165, 1.54) is 36.6 Å². The highest BCUT2D eigenvalue weighted by Gasteiger charge is 2.16. The molecule has 3 rings (SSSR count). The summed E-state index contributed by atoms with van der Waals surface area (Å²) in [6.45, 7) is 4.07. The van der Waals surface area contributed by atoms with Gasteiger partial charge in [-0.05, 0) is 37.4 Å². The van der Waals surface area contributed by atoms with E-state index < -0.39 is 0 Å². The Morgan fingerprint density at radius 3 is 3.00 bits per heavy atom. The molecule has 0 aromatic carbocycles. The first-order chi connectivity index (χ1) is 9.24. The fourth-order valence-electron chi connectivity index (χ4n) is 2.77. The number of fused-ring (bicyclic) bond motifs is 1. The smallest absolute Gasteiger partial charge is 0.157 e. The van der Waals surface area contributed by atoms with Gasteiger partial charge < -0.3 is 5.32 Å². The lowest BCUT2D eigenvalue weighted by molar-refractivity contribution is 0.292. The van der Waals surface area contributed by atoms with Crippen molar-refractivity contribution in [3.05, 3.63) is 23.5 Å². The highest BCUT2D eigenvalue weighted by molar-refractivity contribution is 5.78. The van der Waals surface area contributed by atoms with Crippen LogP contribution in [0.2, 0.25) is 0 Å². The van der Waals surface area contributed by atoms with Crippen LogP contribution in [0, 0.1) is 12.8 Å². The molecule has 1 aliphatic rings. The third-order valence-electron chi connectivity index (χ3n) is 4.20. The van der Waals surface area contributed by atoms with Crippen molar-refractivity contribution in [2.75, 3.05) is 6.54 Å². The summed E-state index contributed by atoms with van der Waals surface area (Å²) in [4.78, 5) is 4.50. The predicted octanol–water partition coefficient (Wildman–Crippen LogP) is 2.56. The quantitative estimate of drug-likeness (QED) is 0.838. The van der Waals surface area contributed by atoms with Crippen molar-refractivity contribution in [3.63, 3.8) is 0 Å². The summed E-state index contributed by atoms with van der Waals surface area (Å²) >= 11 is 0. The Morgan fingerprint density at radius 1 is 1.42 bits per heavy atom. The van der Waals surface area contributed by atoms with Gasteiger partial charge in [0.1, 0.15) is 0 Å². The molecule has 1 aliphatic carbocycles. The van der Waals surface area contributed by atoms with Gasteiger partial charge in [0.15, 0.2) is 5.65 Å². The molecular formula is C15H22N4. The number of pyridine rings is 1. The lowest BCUT2D eigenvalue weighted by atomic mass is 9.83. The monoisotopic (exact) mass is 258 g/mol. The summed E-state index contributed by atoms with van der Waals surface area (Å²) in [5, 5.41) is 9.10. The van der Waals surface area contributed by atoms with Crippen LogP contribution in [0.3, 0.4) is 0 Å². The van der Waals surface area contributed by atoms with Crippen LogP contribution < -0.4 is 5.32 Å². The van der Waals surface area contributed by atoms with Crippen LogP contribution in [-0.4, -0.2) is 21.3 Å². The molecule has 0 aliphatic heterocycles. The second kappa shape index (κ2) is 5.29. The van der Waals surface area contributed by atoms with Crippen LogP contribution in [0.5, 0.6) is 0 Å². The summed E-state index contributed by atoms with van der Waals surface area (Å²) in [5.41, 5.74) is 3.27. The molecule has 0 radical (unpaired) electrons. The predicted molar refractivity (Wildman–Crippen MR) is 76.9 cm³/mol. The summed E-state index contributed by atoms with van der Waals surface area (Å²) in [5.74, 6) is 0.980. The normalized spacial score (nSPS) is 15.9. The van der Waals surface area contributed by atoms with Gasteiger partial charge in [-0.1, -0.05) is 19.3 Å². The van der Waals surface area contributed by atoms with Crippen LogP contribution >= 0.6 is 0 Å². The van der Waals surface area contributed by atoms with Gasteiger partial charge in [-0.2, -0.15) is 5.10 Å². The molecule has 1 fully saturated rings. The van der Waals surface area contributed by atoms with E-state index in [-0.39, 0.29) is 0 Å². The molecule has 0 spiro atoms. The number of aryl methyl sites for hydroxylation is 2. The van der Waals surface area contributed by atoms with Crippen LogP contribution in [-0.2, 0) is 13.6 Å². The largest absolute Gasteiger partial charge is 0.313 e. The van der Waals surface area contributed by atoms with Gasteiger partial charge in [0.25, 0.3) is 0 Å². The van der Waals surface area contributed by atoms with Crippen molar-refractivity contribution >= 4 is 11.0 Å². The van der Waals surface area contributed by atoms with Gasteiger partial charge in [0.2, 0.25) is 0 Å². The van der Waals surface area contributed by atoms with E-state index in [2.05, 4.69) is 21.5 Å². The maximum absolute atomic E-state index is 4.50. The molecule has 1 saturated carbocycles. The van der Waals surface area contributed by atoms with Crippen molar-refractivity contribution < 1.29 is 0 Å². The highest BCUT2D eigenvalue weighted by Crippen LogP contribution is 2.28. The van der Waals surface area contributed by atoms with Gasteiger partial charge in [-0.15, -0.1) is 0 Å². The number of hydrogen-bond acceptors (Lipinski definition) is 3. The summed E-state index contributed by atoms with van der Waals surface area (Å²) < 4.78 is 1.85. The third-order valence-corrected chi connectivity index (χ3v) is 4.20. The zero-order valence-corrected chi connectivity index (χ0v) is 11.8. The zero-order valence-electron chi connectivity index (χ0n) is 11.8. The molecule has 2 heterocycles. The molecule has 0 atom stereocenters. The minimum absolute atomic E-state index is 0.907. The number of hydrogen-bond donors (Lipinski definition) is 1. The highest BCUT2D eigenvalue weighted by atomic mass is 15.3. The average molecular weight is 258 g/mol. The van der Waals surface area contributed by atoms with Crippen molar-refractivity contribution in [3.8, 4) is 0 Å². The lowest BCUT2D eigenvalue weighted by Gasteiger charge is -2.25. The molecular weight excluding hydrogens is 236 g/mol. The minimum Gasteiger partial charge on any atom is -0.313 e. The third kappa shape index (κ3) is 2.63. The Bertz CT molecular complexity index is 569. The zero-order chi connectivity index (χ0) is 13.2. The minimum atomic E-state index is 0.907. The van der Waals surface area contributed by atoms with Crippen molar-refractivity contribution in [2.45, 2.75) is 39.2 Å². The molecule has 2 aromatic heterocycles. The van der Waals surface area contributed by atoms with Gasteiger partial charge in [-0.3, -0.25) is 4.68 Å². The van der Waals surface area contributed by atoms with Crippen molar-refractivity contribution in [2.24, 2.45) is 13.0 Å². The number of rotatable bonds is 5. The van der Waals surface area contributed by atoms with E-state index in [9.17, 15) is 0 Å². The summed E-state index contributed by atoms with van der Waals surface area (Å²) in [7, 11) is 1.94. The Labute approximate surface area is 114 Å². The first-order valence-corrected chi connectivity index (χ1v) is 7.23. The van der Waals surface area contributed by atoms with Crippen molar-refractivity contribution in [1.29, 1.82) is 0 Å². The molecule has 1 N–H and O–H groups in total. The number of nitrogens with zero attached hydrogens (tertiary/aromatic N) is 3. The summed E-state index contributed by atoms with van der Waals surface area (Å²) in [6.07, 6.45) is 7.58. The Balaban J connectivity index is 1.59. The first-order valence-electron chi connectivity index (χ1n) is 7.23. The van der Waals surface area contributed by atoms with E-state index in [4.69, 9.17) is 0 Å². The van der Waals surface area contributed by atoms with Gasteiger partial charge >= 0.3 is 0 Å². The molecule has 0 unspecified atom stereocenters. The molecule has 19 heavy (non-hydrogen) atoms. The van der Waals surface area contributed by atoms with E-state index in [0.717, 1.165) is 30.3 Å². The fraction of sp³-hybridized carbons (Fsp3) is 0.600. The molecule has 4 heteroatoms. The molecule has 102 valence electrons. The van der Waals surface area contributed by atoms with Crippen LogP contribution in [0.1, 0.15) is 36.9 Å². The van der Waals surface area contributed by atoms with Gasteiger partial charge in [0, 0.05) is 25.2 Å². The fourth-order valence-corrected chi connectivity index (χ4v) is 2.77. The van der Waals surface area contributed by atoms with Crippen LogP contribution in [0.15, 0.2) is 12.3 Å². The Hall–Kier alpha value is -1.42. The van der Waals surface area contributed by atoms with Gasteiger partial charge in [0.05, 0.1) is 5.69 Å². The molecule has 0 saturated heterocycles. The average Bonchev–Trinajstić information content (AvgIpc) is 2.62. The second-order valence-corrected chi connectivity index (χ2v) is 5.69. The van der Waals surface area contributed by atoms with E-state index in [1.54, 1.807) is 0 Å². The number of aromatic nitrogens is 3. The standard InChI is InChI=1S/C15H22N4/c1-11-14-8-13(10-17-15(14)19(2)18-11)9-16-7-6-12-4-3-5-12/h8,10,12,16H,3-7,9H2,1-2H3. The molecule has 0 amide bonds. The van der Waals surface area contributed by atoms with Gasteiger partial charge in [-0.25, -0.2) is 4.98 Å².